The fraction of sp³-hybridized carbons (Fsp3) is 0.444. The Morgan fingerprint density at radius 1 is 1.07 bits per heavy atom. The van der Waals surface area contributed by atoms with E-state index in [4.69, 9.17) is 14.2 Å². The van der Waals surface area contributed by atoms with Crippen LogP contribution in [-0.4, -0.2) is 57.4 Å². The van der Waals surface area contributed by atoms with Gasteiger partial charge in [0.15, 0.2) is 11.5 Å². The first-order valence-corrected chi connectivity index (χ1v) is 10.3. The minimum Gasteiger partial charge on any atom is -0.496 e. The number of hydrogen-bond acceptors (Lipinski definition) is 8. The number of sulfone groups is 1. The summed E-state index contributed by atoms with van der Waals surface area (Å²) < 4.78 is 39.5. The van der Waals surface area contributed by atoms with Gasteiger partial charge in [-0.2, -0.15) is 0 Å². The van der Waals surface area contributed by atoms with Gasteiger partial charge in [0.25, 0.3) is 0 Å². The zero-order chi connectivity index (χ0) is 19.6. The summed E-state index contributed by atoms with van der Waals surface area (Å²) in [6, 6.07) is 3.73. The second-order valence-corrected chi connectivity index (χ2v) is 8.29. The molecule has 0 saturated heterocycles. The maximum Gasteiger partial charge on any atom is 0.246 e. The molecule has 2 heterocycles. The maximum atomic E-state index is 11.6. The summed E-state index contributed by atoms with van der Waals surface area (Å²) in [5, 5.41) is -0.115. The van der Waals surface area contributed by atoms with Crippen molar-refractivity contribution in [2.24, 2.45) is 0 Å². The molecule has 1 aliphatic heterocycles. The van der Waals surface area contributed by atoms with Crippen molar-refractivity contribution in [2.45, 2.75) is 24.7 Å². The highest BCUT2D eigenvalue weighted by Gasteiger charge is 2.22. The van der Waals surface area contributed by atoms with Crippen LogP contribution in [0.3, 0.4) is 0 Å². The smallest absolute Gasteiger partial charge is 0.246 e. The highest BCUT2D eigenvalue weighted by atomic mass is 32.2. The van der Waals surface area contributed by atoms with Crippen LogP contribution in [0.1, 0.15) is 16.8 Å². The third kappa shape index (κ3) is 4.14. The Labute approximate surface area is 159 Å². The lowest BCUT2D eigenvalue weighted by atomic mass is 10.1. The lowest BCUT2D eigenvalue weighted by Crippen LogP contribution is -2.31. The Bertz CT molecular complexity index is 946. The highest BCUT2D eigenvalue weighted by molar-refractivity contribution is 7.90. The van der Waals surface area contributed by atoms with E-state index in [1.165, 1.54) is 0 Å². The molecule has 8 nitrogen and oxygen atoms in total. The number of hydrogen-bond donors (Lipinski definition) is 0. The topological polar surface area (TPSA) is 90.9 Å². The Kier molecular flexibility index (Phi) is 5.52. The van der Waals surface area contributed by atoms with Crippen molar-refractivity contribution >= 4 is 9.84 Å². The molecule has 0 N–H and O–H groups in total. The fourth-order valence-electron chi connectivity index (χ4n) is 3.13. The van der Waals surface area contributed by atoms with Gasteiger partial charge in [0, 0.05) is 55.7 Å². The van der Waals surface area contributed by atoms with E-state index in [-0.39, 0.29) is 5.16 Å². The minimum absolute atomic E-state index is 0.115. The molecule has 2 aromatic rings. The molecule has 0 fully saturated rings. The zero-order valence-electron chi connectivity index (χ0n) is 15.9. The Morgan fingerprint density at radius 3 is 2.37 bits per heavy atom. The van der Waals surface area contributed by atoms with E-state index in [0.29, 0.717) is 31.0 Å². The van der Waals surface area contributed by atoms with Crippen molar-refractivity contribution in [1.82, 2.24) is 14.9 Å². The van der Waals surface area contributed by atoms with Crippen LogP contribution in [0.2, 0.25) is 0 Å². The fourth-order valence-corrected chi connectivity index (χ4v) is 3.65. The lowest BCUT2D eigenvalue weighted by molar-refractivity contribution is 0.237. The molecule has 0 spiro atoms. The van der Waals surface area contributed by atoms with Gasteiger partial charge < -0.3 is 14.2 Å². The standard InChI is InChI=1S/C18H23N3O5S/c1-24-15-8-17(26-3)16(25-2)7-12(15)10-21-6-5-14-13(11-21)9-19-18(20-14)27(4,22)23/h7-9H,5-6,10-11H2,1-4H3. The van der Waals surface area contributed by atoms with Crippen LogP contribution in [0, 0.1) is 0 Å². The van der Waals surface area contributed by atoms with Gasteiger partial charge in [0.1, 0.15) is 5.75 Å². The average Bonchev–Trinajstić information content (AvgIpc) is 2.66. The molecular formula is C18H23N3O5S. The molecule has 3 rings (SSSR count). The minimum atomic E-state index is -3.40. The third-order valence-corrected chi connectivity index (χ3v) is 5.36. The molecule has 0 amide bonds. The second-order valence-electron chi connectivity index (χ2n) is 6.38. The van der Waals surface area contributed by atoms with E-state index in [2.05, 4.69) is 14.9 Å². The van der Waals surface area contributed by atoms with Crippen LogP contribution in [-0.2, 0) is 29.3 Å². The van der Waals surface area contributed by atoms with Gasteiger partial charge in [-0.05, 0) is 6.07 Å². The largest absolute Gasteiger partial charge is 0.496 e. The van der Waals surface area contributed by atoms with Crippen molar-refractivity contribution in [3.8, 4) is 17.2 Å². The van der Waals surface area contributed by atoms with Crippen molar-refractivity contribution < 1.29 is 22.6 Å². The summed E-state index contributed by atoms with van der Waals surface area (Å²) in [6.07, 6.45) is 3.39. The molecular weight excluding hydrogens is 370 g/mol. The number of ether oxygens (including phenoxy) is 3. The maximum absolute atomic E-state index is 11.6. The van der Waals surface area contributed by atoms with Crippen molar-refractivity contribution in [1.29, 1.82) is 0 Å². The molecule has 0 unspecified atom stereocenters. The summed E-state index contributed by atoms with van der Waals surface area (Å²) in [4.78, 5) is 10.5. The number of benzene rings is 1. The predicted molar refractivity (Wildman–Crippen MR) is 99.1 cm³/mol. The Balaban J connectivity index is 1.82. The predicted octanol–water partition coefficient (Wildman–Crippen LogP) is 1.46. The van der Waals surface area contributed by atoms with Crippen LogP contribution in [0.25, 0.3) is 0 Å². The Morgan fingerprint density at radius 2 is 1.74 bits per heavy atom. The summed E-state index contributed by atoms with van der Waals surface area (Å²) >= 11 is 0. The average molecular weight is 393 g/mol. The molecule has 146 valence electrons. The summed E-state index contributed by atoms with van der Waals surface area (Å²) in [5.74, 6) is 1.98. The van der Waals surface area contributed by atoms with Gasteiger partial charge in [-0.25, -0.2) is 18.4 Å². The van der Waals surface area contributed by atoms with Gasteiger partial charge in [0.2, 0.25) is 15.0 Å². The van der Waals surface area contributed by atoms with Gasteiger partial charge in [-0.3, -0.25) is 4.90 Å². The third-order valence-electron chi connectivity index (χ3n) is 4.50. The van der Waals surface area contributed by atoms with Crippen molar-refractivity contribution in [3.05, 3.63) is 35.2 Å². The molecule has 1 aromatic heterocycles. The molecule has 0 aliphatic carbocycles. The van der Waals surface area contributed by atoms with Crippen LogP contribution < -0.4 is 14.2 Å². The quantitative estimate of drug-likeness (QED) is 0.682. The monoisotopic (exact) mass is 393 g/mol. The molecule has 0 bridgehead atoms. The van der Waals surface area contributed by atoms with Gasteiger partial charge in [0.05, 0.1) is 27.0 Å². The lowest BCUT2D eigenvalue weighted by Gasteiger charge is -2.28. The van der Waals surface area contributed by atoms with Crippen molar-refractivity contribution in [3.63, 3.8) is 0 Å². The first-order valence-electron chi connectivity index (χ1n) is 8.41. The second kappa shape index (κ2) is 7.69. The number of fused-ring (bicyclic) bond motifs is 1. The molecule has 1 aromatic carbocycles. The number of nitrogens with zero attached hydrogens (tertiary/aromatic N) is 3. The molecule has 0 atom stereocenters. The normalized spacial score (nSPS) is 14.5. The van der Waals surface area contributed by atoms with Crippen LogP contribution in [0.4, 0.5) is 0 Å². The van der Waals surface area contributed by atoms with E-state index >= 15 is 0 Å². The van der Waals surface area contributed by atoms with Crippen LogP contribution >= 0.6 is 0 Å². The summed E-state index contributed by atoms with van der Waals surface area (Å²) in [6.45, 7) is 2.04. The van der Waals surface area contributed by atoms with Gasteiger partial charge >= 0.3 is 0 Å². The van der Waals surface area contributed by atoms with E-state index in [1.807, 2.05) is 12.1 Å². The first-order chi connectivity index (χ1) is 12.9. The van der Waals surface area contributed by atoms with E-state index in [0.717, 1.165) is 35.4 Å². The van der Waals surface area contributed by atoms with Crippen LogP contribution in [0.15, 0.2) is 23.5 Å². The van der Waals surface area contributed by atoms with Crippen molar-refractivity contribution in [2.75, 3.05) is 34.1 Å². The molecule has 27 heavy (non-hydrogen) atoms. The molecule has 0 radical (unpaired) electrons. The number of rotatable bonds is 6. The highest BCUT2D eigenvalue weighted by Crippen LogP contribution is 2.35. The SMILES string of the molecule is COc1cc(OC)c(OC)cc1CN1CCc2nc(S(C)(=O)=O)ncc2C1. The van der Waals surface area contributed by atoms with Gasteiger partial charge in [-0.15, -0.1) is 0 Å². The number of aromatic nitrogens is 2. The van der Waals surface area contributed by atoms with E-state index < -0.39 is 9.84 Å². The van der Waals surface area contributed by atoms with E-state index in [1.54, 1.807) is 27.5 Å². The molecule has 9 heteroatoms. The number of methoxy groups -OCH3 is 3. The van der Waals surface area contributed by atoms with Crippen LogP contribution in [0.5, 0.6) is 17.2 Å². The summed E-state index contributed by atoms with van der Waals surface area (Å²) in [7, 11) is 1.41. The van der Waals surface area contributed by atoms with E-state index in [9.17, 15) is 8.42 Å². The first kappa shape index (κ1) is 19.4. The molecule has 0 saturated carbocycles. The zero-order valence-corrected chi connectivity index (χ0v) is 16.7. The molecule has 1 aliphatic rings. The summed E-state index contributed by atoms with van der Waals surface area (Å²) in [5.41, 5.74) is 2.71. The Hall–Kier alpha value is -2.39. The van der Waals surface area contributed by atoms with Gasteiger partial charge in [-0.1, -0.05) is 0 Å².